The van der Waals surface area contributed by atoms with Gasteiger partial charge in [0.15, 0.2) is 11.5 Å². The van der Waals surface area contributed by atoms with E-state index in [0.717, 1.165) is 17.0 Å². The van der Waals surface area contributed by atoms with Crippen LogP contribution in [0.25, 0.3) is 10.9 Å². The number of methoxy groups -OCH3 is 3. The lowest BCUT2D eigenvalue weighted by Gasteiger charge is -2.24. The summed E-state index contributed by atoms with van der Waals surface area (Å²) >= 11 is 0. The number of fused-ring (bicyclic) bond motifs is 1. The molecule has 0 saturated carbocycles. The van der Waals surface area contributed by atoms with E-state index in [1.165, 1.54) is 0 Å². The predicted octanol–water partition coefficient (Wildman–Crippen LogP) is 4.63. The molecule has 0 bridgehead atoms. The molecular formula is C28H27N3O5. The molecule has 36 heavy (non-hydrogen) atoms. The number of pyridine rings is 1. The van der Waals surface area contributed by atoms with E-state index >= 15 is 0 Å². The van der Waals surface area contributed by atoms with Gasteiger partial charge in [0.1, 0.15) is 17.1 Å². The Morgan fingerprint density at radius 3 is 2.33 bits per heavy atom. The summed E-state index contributed by atoms with van der Waals surface area (Å²) in [6, 6.07) is 20.3. The van der Waals surface area contributed by atoms with Crippen LogP contribution in [-0.2, 0) is 7.05 Å². The molecule has 2 heterocycles. The third-order valence-corrected chi connectivity index (χ3v) is 6.60. The van der Waals surface area contributed by atoms with E-state index in [1.54, 1.807) is 39.0 Å². The number of aryl methyl sites for hydroxylation is 1. The fourth-order valence-corrected chi connectivity index (χ4v) is 4.69. The molecule has 184 valence electrons. The Morgan fingerprint density at radius 2 is 1.64 bits per heavy atom. The largest absolute Gasteiger partial charge is 0.506 e. The monoisotopic (exact) mass is 485 g/mol. The number of aromatic hydroxyl groups is 1. The van der Waals surface area contributed by atoms with Crippen LogP contribution in [0.15, 0.2) is 76.6 Å². The number of hydrogen-bond donors (Lipinski definition) is 1. The first-order valence-corrected chi connectivity index (χ1v) is 11.5. The standard InChI is InChI=1S/C28H27N3O5/c1-30-22-8-6-5-7-20(22)27(32)26(28(30)33)21-16-23(17-9-14-24(35-3)25(15-17)36-4)31(29-21)18-10-12-19(34-2)13-11-18/h5-15,23,32H,16H2,1-4H3. The molecule has 0 saturated heterocycles. The molecule has 1 unspecified atom stereocenters. The Kier molecular flexibility index (Phi) is 6.01. The maximum absolute atomic E-state index is 13.4. The third kappa shape index (κ3) is 3.80. The topological polar surface area (TPSA) is 85.5 Å². The minimum Gasteiger partial charge on any atom is -0.506 e. The number of hydrogen-bond acceptors (Lipinski definition) is 7. The fourth-order valence-electron chi connectivity index (χ4n) is 4.69. The summed E-state index contributed by atoms with van der Waals surface area (Å²) in [5.74, 6) is 1.89. The zero-order valence-corrected chi connectivity index (χ0v) is 20.6. The van der Waals surface area contributed by atoms with Crippen molar-refractivity contribution >= 4 is 22.3 Å². The van der Waals surface area contributed by atoms with E-state index in [9.17, 15) is 9.90 Å². The molecule has 1 aliphatic rings. The van der Waals surface area contributed by atoms with E-state index in [0.29, 0.717) is 34.5 Å². The van der Waals surface area contributed by atoms with Crippen LogP contribution in [-0.4, -0.2) is 36.7 Å². The molecule has 0 aliphatic carbocycles. The second-order valence-corrected chi connectivity index (χ2v) is 8.53. The first kappa shape index (κ1) is 23.3. The van der Waals surface area contributed by atoms with Crippen LogP contribution >= 0.6 is 0 Å². The van der Waals surface area contributed by atoms with Gasteiger partial charge >= 0.3 is 0 Å². The summed E-state index contributed by atoms with van der Waals surface area (Å²) in [7, 11) is 6.51. The first-order chi connectivity index (χ1) is 17.5. The molecule has 5 rings (SSSR count). The molecule has 0 radical (unpaired) electrons. The Labute approximate surface area is 208 Å². The average molecular weight is 486 g/mol. The van der Waals surface area contributed by atoms with Gasteiger partial charge in [0.2, 0.25) is 0 Å². The van der Waals surface area contributed by atoms with Crippen LogP contribution < -0.4 is 24.8 Å². The molecule has 1 aromatic heterocycles. The molecule has 4 aromatic rings. The van der Waals surface area contributed by atoms with Crippen LogP contribution in [0.1, 0.15) is 23.6 Å². The summed E-state index contributed by atoms with van der Waals surface area (Å²) in [6.45, 7) is 0. The number of benzene rings is 3. The lowest BCUT2D eigenvalue weighted by atomic mass is 9.97. The van der Waals surface area contributed by atoms with Gasteiger partial charge in [-0.3, -0.25) is 9.80 Å². The maximum atomic E-state index is 13.4. The molecule has 8 heteroatoms. The zero-order valence-electron chi connectivity index (χ0n) is 20.6. The predicted molar refractivity (Wildman–Crippen MR) is 140 cm³/mol. The minimum absolute atomic E-state index is 0.0601. The van der Waals surface area contributed by atoms with Crippen molar-refractivity contribution in [3.05, 3.63) is 88.2 Å². The molecule has 8 nitrogen and oxygen atoms in total. The number of aromatic nitrogens is 1. The Bertz CT molecular complexity index is 1530. The molecule has 1 atom stereocenters. The Morgan fingerprint density at radius 1 is 0.917 bits per heavy atom. The van der Waals surface area contributed by atoms with Crippen LogP contribution in [0.5, 0.6) is 23.0 Å². The van der Waals surface area contributed by atoms with Gasteiger partial charge in [0.25, 0.3) is 5.56 Å². The summed E-state index contributed by atoms with van der Waals surface area (Å²) < 4.78 is 17.8. The van der Waals surface area contributed by atoms with Gasteiger partial charge in [-0.15, -0.1) is 0 Å². The van der Waals surface area contributed by atoms with E-state index in [4.69, 9.17) is 19.3 Å². The summed E-state index contributed by atoms with van der Waals surface area (Å²) in [5.41, 5.74) is 2.83. The molecule has 0 spiro atoms. The van der Waals surface area contributed by atoms with Gasteiger partial charge in [-0.05, 0) is 54.1 Å². The molecule has 0 fully saturated rings. The number of anilines is 1. The van der Waals surface area contributed by atoms with Gasteiger partial charge in [-0.2, -0.15) is 5.10 Å². The zero-order chi connectivity index (χ0) is 25.4. The molecular weight excluding hydrogens is 458 g/mol. The van der Waals surface area contributed by atoms with Crippen LogP contribution in [0.4, 0.5) is 5.69 Å². The highest BCUT2D eigenvalue weighted by Crippen LogP contribution is 2.41. The molecule has 1 aliphatic heterocycles. The molecule has 0 amide bonds. The van der Waals surface area contributed by atoms with Crippen LogP contribution in [0.2, 0.25) is 0 Å². The van der Waals surface area contributed by atoms with E-state index in [2.05, 4.69) is 0 Å². The highest BCUT2D eigenvalue weighted by Gasteiger charge is 2.33. The fraction of sp³-hybridized carbons (Fsp3) is 0.214. The Hall–Kier alpha value is -4.46. The van der Waals surface area contributed by atoms with Crippen LogP contribution in [0, 0.1) is 0 Å². The van der Waals surface area contributed by atoms with E-state index < -0.39 is 0 Å². The quantitative estimate of drug-likeness (QED) is 0.429. The summed E-state index contributed by atoms with van der Waals surface area (Å²) in [4.78, 5) is 13.4. The van der Waals surface area contributed by atoms with Gasteiger partial charge in [0, 0.05) is 18.9 Å². The highest BCUT2D eigenvalue weighted by atomic mass is 16.5. The lowest BCUT2D eigenvalue weighted by molar-refractivity contribution is 0.354. The number of rotatable bonds is 6. The number of ether oxygens (including phenoxy) is 3. The normalized spacial score (nSPS) is 15.2. The van der Waals surface area contributed by atoms with Gasteiger partial charge in [-0.25, -0.2) is 0 Å². The number of hydrazone groups is 1. The van der Waals surface area contributed by atoms with Gasteiger partial charge < -0.3 is 23.9 Å². The van der Waals surface area contributed by atoms with Crippen molar-refractivity contribution in [3.63, 3.8) is 0 Å². The molecule has 1 N–H and O–H groups in total. The lowest BCUT2D eigenvalue weighted by Crippen LogP contribution is -2.24. The van der Waals surface area contributed by atoms with Crippen molar-refractivity contribution in [3.8, 4) is 23.0 Å². The minimum atomic E-state index is -0.299. The Balaban J connectivity index is 1.67. The van der Waals surface area contributed by atoms with Crippen molar-refractivity contribution in [1.29, 1.82) is 0 Å². The SMILES string of the molecule is COc1ccc(N2N=C(c3c(O)c4ccccc4n(C)c3=O)CC2c2ccc(OC)c(OC)c2)cc1. The third-order valence-electron chi connectivity index (χ3n) is 6.60. The van der Waals surface area contributed by atoms with E-state index in [1.807, 2.05) is 65.7 Å². The average Bonchev–Trinajstić information content (AvgIpc) is 3.36. The highest BCUT2D eigenvalue weighted by molar-refractivity contribution is 6.08. The second-order valence-electron chi connectivity index (χ2n) is 8.53. The first-order valence-electron chi connectivity index (χ1n) is 11.5. The molecule has 3 aromatic carbocycles. The van der Waals surface area contributed by atoms with Crippen molar-refractivity contribution in [1.82, 2.24) is 4.57 Å². The van der Waals surface area contributed by atoms with Crippen LogP contribution in [0.3, 0.4) is 0 Å². The number of nitrogens with zero attached hydrogens (tertiary/aromatic N) is 3. The van der Waals surface area contributed by atoms with Gasteiger partial charge in [-0.1, -0.05) is 18.2 Å². The number of para-hydroxylation sites is 1. The van der Waals surface area contributed by atoms with Crippen molar-refractivity contribution in [2.75, 3.05) is 26.3 Å². The van der Waals surface area contributed by atoms with Crippen molar-refractivity contribution in [2.24, 2.45) is 12.1 Å². The maximum Gasteiger partial charge on any atom is 0.263 e. The second kappa shape index (κ2) is 9.30. The summed E-state index contributed by atoms with van der Waals surface area (Å²) in [6.07, 6.45) is 0.405. The van der Waals surface area contributed by atoms with Crippen molar-refractivity contribution in [2.45, 2.75) is 12.5 Å². The smallest absolute Gasteiger partial charge is 0.263 e. The van der Waals surface area contributed by atoms with Gasteiger partial charge in [0.05, 0.1) is 44.3 Å². The summed E-state index contributed by atoms with van der Waals surface area (Å²) in [5, 5.41) is 18.5. The van der Waals surface area contributed by atoms with Crippen molar-refractivity contribution < 1.29 is 19.3 Å². The van der Waals surface area contributed by atoms with E-state index in [-0.39, 0.29) is 22.9 Å².